The molecule has 1 aliphatic rings. The van der Waals surface area contributed by atoms with Gasteiger partial charge in [-0.15, -0.1) is 0 Å². The van der Waals surface area contributed by atoms with Crippen molar-refractivity contribution >= 4 is 26.6 Å². The molecule has 1 fully saturated rings. The number of hydrogen-bond donors (Lipinski definition) is 1. The summed E-state index contributed by atoms with van der Waals surface area (Å²) in [4.78, 5) is 21.6. The molecule has 0 saturated carbocycles. The normalized spacial score (nSPS) is 17.4. The van der Waals surface area contributed by atoms with Crippen LogP contribution in [0.2, 0.25) is 25.7 Å². The lowest BCUT2D eigenvalue weighted by molar-refractivity contribution is 0.00578. The molecule has 7 nitrogen and oxygen atoms in total. The van der Waals surface area contributed by atoms with Gasteiger partial charge in [0, 0.05) is 26.3 Å². The van der Waals surface area contributed by atoms with Gasteiger partial charge in [0.05, 0.1) is 16.9 Å². The first-order valence-corrected chi connectivity index (χ1v) is 14.7. The summed E-state index contributed by atoms with van der Waals surface area (Å²) in [7, 11) is -1.80. The lowest BCUT2D eigenvalue weighted by atomic mass is 9.77. The van der Waals surface area contributed by atoms with Gasteiger partial charge >= 0.3 is 7.12 Å². The summed E-state index contributed by atoms with van der Waals surface area (Å²) in [6.45, 7) is 15.6. The molecule has 9 heteroatoms. The Balaban J connectivity index is 1.80. The minimum absolute atomic E-state index is 0.0814. The SMILES string of the molecule is CC1(C)OB(c2cnc(C(=O)NCOCC[Si](C)(C)C)nc2-c2ccccc2)OC1(C)C. The number of nitrogens with one attached hydrogen (secondary N) is 1. The van der Waals surface area contributed by atoms with Gasteiger partial charge in [-0.3, -0.25) is 4.79 Å². The monoisotopic (exact) mass is 455 g/mol. The second-order valence-corrected chi connectivity index (χ2v) is 15.9. The third-order valence-electron chi connectivity index (χ3n) is 5.91. The van der Waals surface area contributed by atoms with Gasteiger partial charge in [-0.2, -0.15) is 0 Å². The molecule has 1 amide bonds. The van der Waals surface area contributed by atoms with Crippen LogP contribution in [-0.4, -0.2) is 55.6 Å². The van der Waals surface area contributed by atoms with Crippen molar-refractivity contribution in [2.24, 2.45) is 0 Å². The number of amides is 1. The molecule has 0 unspecified atom stereocenters. The maximum absolute atomic E-state index is 12.7. The summed E-state index contributed by atoms with van der Waals surface area (Å²) < 4.78 is 18.0. The molecule has 1 saturated heterocycles. The van der Waals surface area contributed by atoms with Crippen LogP contribution in [0.5, 0.6) is 0 Å². The molecule has 2 heterocycles. The molecule has 32 heavy (non-hydrogen) atoms. The van der Waals surface area contributed by atoms with E-state index in [1.54, 1.807) is 6.20 Å². The third-order valence-corrected chi connectivity index (χ3v) is 7.61. The molecule has 1 aliphatic heterocycles. The summed E-state index contributed by atoms with van der Waals surface area (Å²) in [6.07, 6.45) is 1.62. The van der Waals surface area contributed by atoms with Crippen molar-refractivity contribution in [1.29, 1.82) is 0 Å². The summed E-state index contributed by atoms with van der Waals surface area (Å²) in [5.41, 5.74) is 1.19. The van der Waals surface area contributed by atoms with Gasteiger partial charge in [0.25, 0.3) is 5.91 Å². The Labute approximate surface area is 192 Å². The Morgan fingerprint density at radius 3 is 2.31 bits per heavy atom. The zero-order chi connectivity index (χ0) is 23.6. The summed E-state index contributed by atoms with van der Waals surface area (Å²) >= 11 is 0. The first-order valence-electron chi connectivity index (χ1n) is 11.0. The second kappa shape index (κ2) is 9.43. The molecule has 172 valence electrons. The van der Waals surface area contributed by atoms with Gasteiger partial charge in [0.2, 0.25) is 5.82 Å². The Kier molecular flexibility index (Phi) is 7.24. The molecule has 1 N–H and O–H groups in total. The van der Waals surface area contributed by atoms with E-state index in [9.17, 15) is 4.79 Å². The highest BCUT2D eigenvalue weighted by Gasteiger charge is 2.52. The summed E-state index contributed by atoms with van der Waals surface area (Å²) in [5.74, 6) is -0.298. The van der Waals surface area contributed by atoms with E-state index < -0.39 is 26.4 Å². The molecule has 2 aromatic rings. The predicted molar refractivity (Wildman–Crippen MR) is 130 cm³/mol. The van der Waals surface area contributed by atoms with Gasteiger partial charge in [-0.1, -0.05) is 50.0 Å². The van der Waals surface area contributed by atoms with Crippen LogP contribution in [0.4, 0.5) is 0 Å². The molecular formula is C23H34BN3O4Si. The third kappa shape index (κ3) is 5.83. The van der Waals surface area contributed by atoms with Crippen molar-refractivity contribution in [1.82, 2.24) is 15.3 Å². The van der Waals surface area contributed by atoms with Crippen LogP contribution in [0.1, 0.15) is 38.3 Å². The minimum Gasteiger partial charge on any atom is -0.399 e. The molecule has 0 spiro atoms. The molecule has 1 aromatic carbocycles. The maximum Gasteiger partial charge on any atom is 0.498 e. The fraction of sp³-hybridized carbons (Fsp3) is 0.522. The number of carbonyl (C=O) groups is 1. The highest BCUT2D eigenvalue weighted by atomic mass is 28.3. The molecule has 0 bridgehead atoms. The van der Waals surface area contributed by atoms with Gasteiger partial charge < -0.3 is 19.4 Å². The van der Waals surface area contributed by atoms with E-state index in [0.717, 1.165) is 11.6 Å². The van der Waals surface area contributed by atoms with Crippen molar-refractivity contribution in [3.05, 3.63) is 42.4 Å². The highest BCUT2D eigenvalue weighted by molar-refractivity contribution is 6.76. The van der Waals surface area contributed by atoms with Gasteiger partial charge in [0.1, 0.15) is 6.73 Å². The number of rotatable bonds is 8. The van der Waals surface area contributed by atoms with Crippen molar-refractivity contribution in [2.45, 2.75) is 64.6 Å². The van der Waals surface area contributed by atoms with Gasteiger partial charge in [-0.25, -0.2) is 9.97 Å². The van der Waals surface area contributed by atoms with E-state index in [0.29, 0.717) is 17.8 Å². The molecule has 0 atom stereocenters. The number of benzene rings is 1. The maximum atomic E-state index is 12.7. The standard InChI is InChI=1S/C23H34BN3O4Si/c1-22(2)23(3,4)31-24(30-22)18-15-25-20(27-19(18)17-11-9-8-10-12-17)21(28)26-16-29-13-14-32(5,6)7/h8-12,15H,13-14,16H2,1-7H3,(H,26,28). The van der Waals surface area contributed by atoms with Crippen LogP contribution < -0.4 is 10.8 Å². The summed E-state index contributed by atoms with van der Waals surface area (Å²) in [5, 5.41) is 2.75. The number of ether oxygens (including phenoxy) is 1. The van der Waals surface area contributed by atoms with Crippen LogP contribution in [0, 0.1) is 0 Å². The predicted octanol–water partition coefficient (Wildman–Crippen LogP) is 3.48. The lowest BCUT2D eigenvalue weighted by Crippen LogP contribution is -2.41. The smallest absolute Gasteiger partial charge is 0.399 e. The fourth-order valence-electron chi connectivity index (χ4n) is 3.12. The van der Waals surface area contributed by atoms with Gasteiger partial charge in [-0.05, 0) is 39.3 Å². The van der Waals surface area contributed by atoms with E-state index in [1.165, 1.54) is 0 Å². The molecule has 0 aliphatic carbocycles. The number of nitrogens with zero attached hydrogens (tertiary/aromatic N) is 2. The molecule has 1 aromatic heterocycles. The largest absolute Gasteiger partial charge is 0.498 e. The fourth-order valence-corrected chi connectivity index (χ4v) is 3.87. The zero-order valence-electron chi connectivity index (χ0n) is 20.2. The van der Waals surface area contributed by atoms with E-state index >= 15 is 0 Å². The zero-order valence-corrected chi connectivity index (χ0v) is 21.2. The first kappa shape index (κ1) is 24.6. The highest BCUT2D eigenvalue weighted by Crippen LogP contribution is 2.37. The van der Waals surface area contributed by atoms with Crippen LogP contribution in [0.15, 0.2) is 36.5 Å². The van der Waals surface area contributed by atoms with E-state index in [4.69, 9.17) is 14.0 Å². The molecule has 0 radical (unpaired) electrons. The Morgan fingerprint density at radius 2 is 1.72 bits per heavy atom. The van der Waals surface area contributed by atoms with Crippen molar-refractivity contribution in [2.75, 3.05) is 13.3 Å². The average Bonchev–Trinajstić information content (AvgIpc) is 2.94. The average molecular weight is 455 g/mol. The quantitative estimate of drug-likeness (QED) is 0.373. The number of hydrogen-bond acceptors (Lipinski definition) is 6. The summed E-state index contributed by atoms with van der Waals surface area (Å²) in [6, 6.07) is 10.7. The number of aromatic nitrogens is 2. The first-order chi connectivity index (χ1) is 14.9. The van der Waals surface area contributed by atoms with E-state index in [-0.39, 0.29) is 18.5 Å². The lowest BCUT2D eigenvalue weighted by Gasteiger charge is -2.32. The van der Waals surface area contributed by atoms with E-state index in [2.05, 4.69) is 34.9 Å². The molecule has 3 rings (SSSR count). The van der Waals surface area contributed by atoms with Gasteiger partial charge in [0.15, 0.2) is 0 Å². The second-order valence-electron chi connectivity index (χ2n) is 10.3. The Morgan fingerprint density at radius 1 is 1.09 bits per heavy atom. The van der Waals surface area contributed by atoms with Crippen LogP contribution in [-0.2, 0) is 14.0 Å². The van der Waals surface area contributed by atoms with Crippen molar-refractivity contribution in [3.63, 3.8) is 0 Å². The number of carbonyl (C=O) groups excluding carboxylic acids is 1. The topological polar surface area (TPSA) is 82.6 Å². The van der Waals surface area contributed by atoms with E-state index in [1.807, 2.05) is 58.0 Å². The van der Waals surface area contributed by atoms with Crippen molar-refractivity contribution < 1.29 is 18.8 Å². The van der Waals surface area contributed by atoms with Crippen LogP contribution in [0.25, 0.3) is 11.3 Å². The van der Waals surface area contributed by atoms with Crippen LogP contribution >= 0.6 is 0 Å². The van der Waals surface area contributed by atoms with Crippen molar-refractivity contribution in [3.8, 4) is 11.3 Å². The Hall–Kier alpha value is -2.07. The Bertz CT molecular complexity index is 932. The van der Waals surface area contributed by atoms with Crippen LogP contribution in [0.3, 0.4) is 0 Å². The minimum atomic E-state index is -1.17. The molecular weight excluding hydrogens is 421 g/mol.